The van der Waals surface area contributed by atoms with Gasteiger partial charge in [-0.3, -0.25) is 9.36 Å². The molecular weight excluding hydrogens is 922 g/mol. The SMILES string of the molecule is CCOC(=O)C1=C(C)N=c2s/c(=C/c3cc(I)c(OCc4ccccc4Cl)c(I)c3)c(=O)n2[C@H]1c1cc(OC)c(OCC)cc1Br. The zero-order valence-electron chi connectivity index (χ0n) is 25.2. The van der Waals surface area contributed by atoms with Crippen LogP contribution < -0.4 is 29.1 Å². The van der Waals surface area contributed by atoms with E-state index in [1.165, 1.54) is 11.3 Å². The lowest BCUT2D eigenvalue weighted by Gasteiger charge is -2.26. The van der Waals surface area contributed by atoms with Crippen LogP contribution in [0.1, 0.15) is 43.5 Å². The van der Waals surface area contributed by atoms with Crippen molar-refractivity contribution >= 4 is 96.1 Å². The minimum Gasteiger partial charge on any atom is -0.493 e. The number of carbonyl (C=O) groups is 1. The number of ether oxygens (including phenoxy) is 4. The topological polar surface area (TPSA) is 88.4 Å². The number of nitrogens with zero attached hydrogens (tertiary/aromatic N) is 2. The van der Waals surface area contributed by atoms with Crippen molar-refractivity contribution in [3.63, 3.8) is 0 Å². The van der Waals surface area contributed by atoms with Gasteiger partial charge in [-0.2, -0.15) is 0 Å². The molecule has 0 saturated heterocycles. The molecule has 1 aromatic heterocycles. The second kappa shape index (κ2) is 15.2. The smallest absolute Gasteiger partial charge is 0.338 e. The third-order valence-corrected chi connectivity index (χ3v) is 10.7. The molecule has 8 nitrogen and oxygen atoms in total. The third-order valence-electron chi connectivity index (χ3n) is 7.04. The molecule has 0 radical (unpaired) electrons. The molecule has 3 aromatic carbocycles. The lowest BCUT2D eigenvalue weighted by Crippen LogP contribution is -2.40. The molecule has 0 aliphatic carbocycles. The lowest BCUT2D eigenvalue weighted by molar-refractivity contribution is -0.139. The van der Waals surface area contributed by atoms with Crippen molar-refractivity contribution in [1.29, 1.82) is 0 Å². The number of benzene rings is 3. The van der Waals surface area contributed by atoms with Gasteiger partial charge < -0.3 is 18.9 Å². The van der Waals surface area contributed by atoms with Crippen LogP contribution in [0.15, 0.2) is 74.1 Å². The summed E-state index contributed by atoms with van der Waals surface area (Å²) in [5, 5.41) is 0.648. The molecule has 1 atom stereocenters. The van der Waals surface area contributed by atoms with Gasteiger partial charge in [0.2, 0.25) is 0 Å². The molecule has 240 valence electrons. The zero-order chi connectivity index (χ0) is 33.1. The van der Waals surface area contributed by atoms with Gasteiger partial charge in [-0.25, -0.2) is 9.79 Å². The van der Waals surface area contributed by atoms with Crippen molar-refractivity contribution < 1.29 is 23.7 Å². The minimum atomic E-state index is -0.822. The molecule has 13 heteroatoms. The van der Waals surface area contributed by atoms with E-state index in [0.717, 1.165) is 24.0 Å². The summed E-state index contributed by atoms with van der Waals surface area (Å²) >= 11 is 15.7. The number of thiazole rings is 1. The number of fused-ring (bicyclic) bond motifs is 1. The fourth-order valence-electron chi connectivity index (χ4n) is 4.99. The first kappa shape index (κ1) is 34.9. The first-order valence-corrected chi connectivity index (χ1v) is 18.3. The molecule has 1 aliphatic heterocycles. The summed E-state index contributed by atoms with van der Waals surface area (Å²) in [4.78, 5) is 32.7. The van der Waals surface area contributed by atoms with Crippen LogP contribution in [0.2, 0.25) is 5.02 Å². The Morgan fingerprint density at radius 2 is 1.80 bits per heavy atom. The van der Waals surface area contributed by atoms with Crippen molar-refractivity contribution in [3.05, 3.63) is 113 Å². The number of halogens is 4. The second-order valence-electron chi connectivity index (χ2n) is 9.95. The Bertz CT molecular complexity index is 2020. The quantitative estimate of drug-likeness (QED) is 0.122. The van der Waals surface area contributed by atoms with E-state index < -0.39 is 12.0 Å². The first-order chi connectivity index (χ1) is 22.1. The van der Waals surface area contributed by atoms with Gasteiger partial charge in [-0.15, -0.1) is 0 Å². The van der Waals surface area contributed by atoms with Crippen LogP contribution in [0.5, 0.6) is 17.2 Å². The molecule has 0 amide bonds. The summed E-state index contributed by atoms with van der Waals surface area (Å²) in [5.74, 6) is 1.21. The van der Waals surface area contributed by atoms with E-state index in [4.69, 9.17) is 35.5 Å². The average Bonchev–Trinajstić information content (AvgIpc) is 3.31. The fourth-order valence-corrected chi connectivity index (χ4v) is 8.90. The number of allylic oxidation sites excluding steroid dienone is 1. The standard InChI is InChI=1S/C33H28BrClI2N2O6S/c1-5-43-26-15-21(34)20(14-25(26)42-4)29-28(32(41)44-6-2)17(3)38-33-39(29)31(40)27(46-33)13-18-11-23(36)30(24(37)12-18)45-16-19-9-7-8-10-22(19)35/h7-15,29H,5-6,16H2,1-4H3/b27-13+/t29-/m0/s1. The summed E-state index contributed by atoms with van der Waals surface area (Å²) in [5.41, 5.74) is 2.81. The predicted octanol–water partition coefficient (Wildman–Crippen LogP) is 7.41. The zero-order valence-corrected chi connectivity index (χ0v) is 32.6. The molecular formula is C33H28BrClI2N2O6S. The largest absolute Gasteiger partial charge is 0.493 e. The average molecular weight is 950 g/mol. The monoisotopic (exact) mass is 948 g/mol. The van der Waals surface area contributed by atoms with E-state index in [0.29, 0.717) is 54.8 Å². The van der Waals surface area contributed by atoms with Crippen LogP contribution in [0.4, 0.5) is 0 Å². The Balaban J connectivity index is 1.61. The maximum Gasteiger partial charge on any atom is 0.338 e. The van der Waals surface area contributed by atoms with Crippen LogP contribution in [0, 0.1) is 7.14 Å². The van der Waals surface area contributed by atoms with E-state index in [1.807, 2.05) is 49.4 Å². The van der Waals surface area contributed by atoms with Crippen molar-refractivity contribution in [3.8, 4) is 17.2 Å². The molecule has 0 saturated carbocycles. The molecule has 0 unspecified atom stereocenters. The molecule has 1 aliphatic rings. The second-order valence-corrected chi connectivity index (χ2v) is 14.5. The van der Waals surface area contributed by atoms with Gasteiger partial charge in [-0.1, -0.05) is 57.1 Å². The van der Waals surface area contributed by atoms with Crippen LogP contribution >= 0.6 is 84.0 Å². The molecule has 0 spiro atoms. The molecule has 0 N–H and O–H groups in total. The summed E-state index contributed by atoms with van der Waals surface area (Å²) in [7, 11) is 1.55. The highest BCUT2D eigenvalue weighted by atomic mass is 127. The normalized spacial score (nSPS) is 14.5. The van der Waals surface area contributed by atoms with Crippen molar-refractivity contribution in [2.24, 2.45) is 4.99 Å². The Morgan fingerprint density at radius 1 is 1.09 bits per heavy atom. The summed E-state index contributed by atoms with van der Waals surface area (Å²) in [6, 6.07) is 14.2. The number of esters is 1. The van der Waals surface area contributed by atoms with Crippen molar-refractivity contribution in [2.45, 2.75) is 33.4 Å². The van der Waals surface area contributed by atoms with Crippen LogP contribution in [0.25, 0.3) is 6.08 Å². The highest BCUT2D eigenvalue weighted by Gasteiger charge is 2.35. The maximum absolute atomic E-state index is 14.2. The van der Waals surface area contributed by atoms with Crippen LogP contribution in [-0.2, 0) is 16.1 Å². The van der Waals surface area contributed by atoms with E-state index in [-0.39, 0.29) is 17.7 Å². The number of carbonyl (C=O) groups excluding carboxylic acids is 1. The van der Waals surface area contributed by atoms with E-state index >= 15 is 0 Å². The Morgan fingerprint density at radius 3 is 2.46 bits per heavy atom. The highest BCUT2D eigenvalue weighted by Crippen LogP contribution is 2.41. The maximum atomic E-state index is 14.2. The Labute approximate surface area is 310 Å². The van der Waals surface area contributed by atoms with Crippen LogP contribution in [-0.4, -0.2) is 30.9 Å². The third kappa shape index (κ3) is 7.20. The van der Waals surface area contributed by atoms with Crippen molar-refractivity contribution in [2.75, 3.05) is 20.3 Å². The number of rotatable bonds is 10. The van der Waals surface area contributed by atoms with Gasteiger partial charge in [0.1, 0.15) is 12.4 Å². The van der Waals surface area contributed by atoms with E-state index in [2.05, 4.69) is 61.1 Å². The van der Waals surface area contributed by atoms with E-state index in [1.54, 1.807) is 37.7 Å². The predicted molar refractivity (Wildman–Crippen MR) is 200 cm³/mol. The van der Waals surface area contributed by atoms with Gasteiger partial charge in [0.15, 0.2) is 16.3 Å². The van der Waals surface area contributed by atoms with Gasteiger partial charge in [0.05, 0.1) is 49.3 Å². The number of aromatic nitrogens is 1. The lowest BCUT2D eigenvalue weighted by atomic mass is 9.95. The van der Waals surface area contributed by atoms with Gasteiger partial charge in [0.25, 0.3) is 5.56 Å². The van der Waals surface area contributed by atoms with E-state index in [9.17, 15) is 9.59 Å². The highest BCUT2D eigenvalue weighted by molar-refractivity contribution is 14.1. The van der Waals surface area contributed by atoms with Gasteiger partial charge >= 0.3 is 5.97 Å². The fraction of sp³-hybridized carbons (Fsp3) is 0.242. The molecule has 46 heavy (non-hydrogen) atoms. The molecule has 0 bridgehead atoms. The van der Waals surface area contributed by atoms with Crippen LogP contribution in [0.3, 0.4) is 0 Å². The Kier molecular flexibility index (Phi) is 11.6. The molecule has 4 aromatic rings. The summed E-state index contributed by atoms with van der Waals surface area (Å²) < 4.78 is 27.4. The Hall–Kier alpha value is -2.40. The van der Waals surface area contributed by atoms with Gasteiger partial charge in [-0.05, 0) is 113 Å². The summed E-state index contributed by atoms with van der Waals surface area (Å²) in [6.45, 7) is 6.32. The number of methoxy groups -OCH3 is 1. The molecule has 5 rings (SSSR count). The summed E-state index contributed by atoms with van der Waals surface area (Å²) in [6.07, 6.45) is 1.83. The molecule has 0 fully saturated rings. The minimum absolute atomic E-state index is 0.176. The van der Waals surface area contributed by atoms with Gasteiger partial charge in [0, 0.05) is 15.1 Å². The van der Waals surface area contributed by atoms with Crippen molar-refractivity contribution in [1.82, 2.24) is 4.57 Å². The number of hydrogen-bond acceptors (Lipinski definition) is 8. The molecule has 2 heterocycles. The first-order valence-electron chi connectivity index (χ1n) is 14.1. The number of hydrogen-bond donors (Lipinski definition) is 0.